The maximum Gasteiger partial charge on any atom is 0.165 e. The molecule has 0 amide bonds. The van der Waals surface area contributed by atoms with E-state index in [2.05, 4.69) is 0 Å². The Kier molecular flexibility index (Phi) is 4.71. The lowest BCUT2D eigenvalue weighted by Gasteiger charge is -2.09. The van der Waals surface area contributed by atoms with Crippen molar-refractivity contribution in [1.82, 2.24) is 0 Å². The second kappa shape index (κ2) is 6.70. The van der Waals surface area contributed by atoms with E-state index in [4.69, 9.17) is 9.47 Å². The van der Waals surface area contributed by atoms with Crippen LogP contribution in [-0.2, 0) is 6.42 Å². The number of methoxy groups -OCH3 is 1. The largest absolute Gasteiger partial charge is 0.497 e. The lowest BCUT2D eigenvalue weighted by molar-refractivity contribution is 0.111. The predicted molar refractivity (Wildman–Crippen MR) is 74.0 cm³/mol. The number of rotatable bonds is 6. The minimum absolute atomic E-state index is 0.0102. The Bertz CT molecular complexity index is 579. The minimum Gasteiger partial charge on any atom is -0.497 e. The molecule has 2 aromatic carbocycles. The molecule has 20 heavy (non-hydrogen) atoms. The summed E-state index contributed by atoms with van der Waals surface area (Å²) in [6.45, 7) is 0.300. The van der Waals surface area contributed by atoms with Crippen LogP contribution in [0.4, 0.5) is 4.39 Å². The van der Waals surface area contributed by atoms with E-state index in [0.717, 1.165) is 11.3 Å². The molecule has 0 aliphatic carbocycles. The van der Waals surface area contributed by atoms with Gasteiger partial charge >= 0.3 is 0 Å². The maximum absolute atomic E-state index is 13.6. The summed E-state index contributed by atoms with van der Waals surface area (Å²) < 4.78 is 24.0. The van der Waals surface area contributed by atoms with Crippen LogP contribution in [0.15, 0.2) is 42.5 Å². The zero-order valence-corrected chi connectivity index (χ0v) is 11.1. The van der Waals surface area contributed by atoms with Gasteiger partial charge < -0.3 is 9.47 Å². The van der Waals surface area contributed by atoms with E-state index in [0.29, 0.717) is 19.3 Å². The summed E-state index contributed by atoms with van der Waals surface area (Å²) in [4.78, 5) is 10.8. The molecular weight excluding hydrogens is 259 g/mol. The Morgan fingerprint density at radius 1 is 1.15 bits per heavy atom. The van der Waals surface area contributed by atoms with Crippen molar-refractivity contribution in [3.63, 3.8) is 0 Å². The Balaban J connectivity index is 1.97. The smallest absolute Gasteiger partial charge is 0.165 e. The molecule has 4 heteroatoms. The summed E-state index contributed by atoms with van der Waals surface area (Å²) in [6, 6.07) is 11.8. The monoisotopic (exact) mass is 274 g/mol. The van der Waals surface area contributed by atoms with Crippen LogP contribution in [0.1, 0.15) is 15.9 Å². The summed E-state index contributed by atoms with van der Waals surface area (Å²) in [5, 5.41) is 0. The highest BCUT2D eigenvalue weighted by atomic mass is 19.1. The fourth-order valence-corrected chi connectivity index (χ4v) is 1.83. The number of ether oxygens (including phenoxy) is 2. The molecule has 0 aromatic heterocycles. The minimum atomic E-state index is -0.524. The second-order valence-electron chi connectivity index (χ2n) is 4.22. The lowest BCUT2D eigenvalue weighted by Crippen LogP contribution is -2.05. The summed E-state index contributed by atoms with van der Waals surface area (Å²) in [5.74, 6) is 0.271. The molecule has 0 heterocycles. The molecule has 0 saturated heterocycles. The van der Waals surface area contributed by atoms with Gasteiger partial charge in [0.1, 0.15) is 5.75 Å². The van der Waals surface area contributed by atoms with E-state index >= 15 is 0 Å². The van der Waals surface area contributed by atoms with Crippen molar-refractivity contribution in [2.75, 3.05) is 13.7 Å². The Morgan fingerprint density at radius 2 is 1.90 bits per heavy atom. The average molecular weight is 274 g/mol. The van der Waals surface area contributed by atoms with Crippen molar-refractivity contribution in [1.29, 1.82) is 0 Å². The summed E-state index contributed by atoms with van der Waals surface area (Å²) in [6.07, 6.45) is 1.21. The van der Waals surface area contributed by atoms with Crippen molar-refractivity contribution in [3.8, 4) is 11.5 Å². The van der Waals surface area contributed by atoms with Gasteiger partial charge in [0.2, 0.25) is 0 Å². The lowest BCUT2D eigenvalue weighted by atomic mass is 10.1. The zero-order valence-electron chi connectivity index (χ0n) is 11.1. The molecule has 0 spiro atoms. The Morgan fingerprint density at radius 3 is 2.55 bits per heavy atom. The van der Waals surface area contributed by atoms with E-state index in [1.54, 1.807) is 7.11 Å². The van der Waals surface area contributed by atoms with Crippen LogP contribution < -0.4 is 9.47 Å². The highest BCUT2D eigenvalue weighted by Gasteiger charge is 2.08. The molecule has 0 bridgehead atoms. The number of hydrogen-bond acceptors (Lipinski definition) is 3. The van der Waals surface area contributed by atoms with Gasteiger partial charge in [-0.1, -0.05) is 18.2 Å². The van der Waals surface area contributed by atoms with E-state index in [-0.39, 0.29) is 11.3 Å². The third kappa shape index (κ3) is 3.35. The van der Waals surface area contributed by atoms with Crippen LogP contribution >= 0.6 is 0 Å². The van der Waals surface area contributed by atoms with Gasteiger partial charge in [0.05, 0.1) is 19.3 Å². The molecular formula is C16H15FO3. The molecule has 0 aliphatic heterocycles. The number of hydrogen-bond donors (Lipinski definition) is 0. The molecule has 0 radical (unpaired) electrons. The molecule has 0 saturated carbocycles. The third-order valence-corrected chi connectivity index (χ3v) is 2.92. The Labute approximate surface area is 117 Å². The first kappa shape index (κ1) is 14.1. The molecule has 2 rings (SSSR count). The fourth-order valence-electron chi connectivity index (χ4n) is 1.83. The number of carbonyl (C=O) groups is 1. The molecule has 0 unspecified atom stereocenters. The van der Waals surface area contributed by atoms with E-state index < -0.39 is 5.82 Å². The normalized spacial score (nSPS) is 10.1. The molecule has 104 valence electrons. The van der Waals surface area contributed by atoms with E-state index in [9.17, 15) is 9.18 Å². The number of aldehydes is 1. The van der Waals surface area contributed by atoms with Gasteiger partial charge in [0.15, 0.2) is 17.9 Å². The number of carbonyl (C=O) groups excluding carboxylic acids is 1. The highest BCUT2D eigenvalue weighted by Crippen LogP contribution is 2.21. The standard InChI is InChI=1S/C16H15FO3/c1-19-14-7-5-12(6-8-14)9-10-20-16-13(11-18)3-2-4-15(16)17/h2-8,11H,9-10H2,1H3. The van der Waals surface area contributed by atoms with Crippen molar-refractivity contribution < 1.29 is 18.7 Å². The predicted octanol–water partition coefficient (Wildman–Crippen LogP) is 3.27. The van der Waals surface area contributed by atoms with Crippen LogP contribution in [0.3, 0.4) is 0 Å². The molecule has 2 aromatic rings. The van der Waals surface area contributed by atoms with E-state index in [1.165, 1.54) is 18.2 Å². The second-order valence-corrected chi connectivity index (χ2v) is 4.22. The number of halogens is 1. The van der Waals surface area contributed by atoms with Crippen LogP contribution in [0.2, 0.25) is 0 Å². The van der Waals surface area contributed by atoms with Gasteiger partial charge in [-0.05, 0) is 29.8 Å². The molecule has 0 fully saturated rings. The van der Waals surface area contributed by atoms with Crippen molar-refractivity contribution >= 4 is 6.29 Å². The van der Waals surface area contributed by atoms with Gasteiger partial charge in [-0.3, -0.25) is 4.79 Å². The van der Waals surface area contributed by atoms with E-state index in [1.807, 2.05) is 24.3 Å². The van der Waals surface area contributed by atoms with Crippen LogP contribution in [-0.4, -0.2) is 20.0 Å². The zero-order chi connectivity index (χ0) is 14.4. The molecule has 3 nitrogen and oxygen atoms in total. The molecule has 0 aliphatic rings. The molecule has 0 atom stereocenters. The first-order valence-electron chi connectivity index (χ1n) is 6.24. The number of para-hydroxylation sites is 1. The first-order chi connectivity index (χ1) is 9.74. The van der Waals surface area contributed by atoms with Gasteiger partial charge in [0.25, 0.3) is 0 Å². The summed E-state index contributed by atoms with van der Waals surface area (Å²) in [5.41, 5.74) is 1.27. The summed E-state index contributed by atoms with van der Waals surface area (Å²) in [7, 11) is 1.61. The topological polar surface area (TPSA) is 35.5 Å². The van der Waals surface area contributed by atoms with Crippen molar-refractivity contribution in [3.05, 3.63) is 59.4 Å². The van der Waals surface area contributed by atoms with Crippen LogP contribution in [0.25, 0.3) is 0 Å². The van der Waals surface area contributed by atoms with Crippen LogP contribution in [0.5, 0.6) is 11.5 Å². The first-order valence-corrected chi connectivity index (χ1v) is 6.24. The number of benzene rings is 2. The maximum atomic E-state index is 13.6. The fraction of sp³-hybridized carbons (Fsp3) is 0.188. The SMILES string of the molecule is COc1ccc(CCOc2c(F)cccc2C=O)cc1. The third-order valence-electron chi connectivity index (χ3n) is 2.92. The van der Waals surface area contributed by atoms with Gasteiger partial charge in [0, 0.05) is 6.42 Å². The van der Waals surface area contributed by atoms with Crippen molar-refractivity contribution in [2.45, 2.75) is 6.42 Å². The van der Waals surface area contributed by atoms with Crippen LogP contribution in [0, 0.1) is 5.82 Å². The Hall–Kier alpha value is -2.36. The van der Waals surface area contributed by atoms with Gasteiger partial charge in [-0.2, -0.15) is 0 Å². The van der Waals surface area contributed by atoms with Crippen molar-refractivity contribution in [2.24, 2.45) is 0 Å². The van der Waals surface area contributed by atoms with Gasteiger partial charge in [-0.15, -0.1) is 0 Å². The summed E-state index contributed by atoms with van der Waals surface area (Å²) >= 11 is 0. The molecule has 0 N–H and O–H groups in total. The van der Waals surface area contributed by atoms with Gasteiger partial charge in [-0.25, -0.2) is 4.39 Å². The average Bonchev–Trinajstić information content (AvgIpc) is 2.49. The highest BCUT2D eigenvalue weighted by molar-refractivity contribution is 5.79. The quantitative estimate of drug-likeness (QED) is 0.758.